The first-order chi connectivity index (χ1) is 7.58. The van der Waals surface area contributed by atoms with Gasteiger partial charge in [0.05, 0.1) is 0 Å². The second kappa shape index (κ2) is 6.66. The normalized spacial score (nSPS) is 13.4. The van der Waals surface area contributed by atoms with Crippen molar-refractivity contribution in [2.24, 2.45) is 11.7 Å². The molecule has 16 heavy (non-hydrogen) atoms. The van der Waals surface area contributed by atoms with Gasteiger partial charge in [0.15, 0.2) is 0 Å². The molecule has 2 N–H and O–H groups in total. The fraction of sp³-hybridized carbons (Fsp3) is 0.571. The first-order valence-electron chi connectivity index (χ1n) is 6.06. The minimum atomic E-state index is 0.286. The molecule has 1 rings (SSSR count). The first kappa shape index (κ1) is 13.2. The van der Waals surface area contributed by atoms with Crippen LogP contribution in [0.3, 0.4) is 0 Å². The lowest BCUT2D eigenvalue weighted by atomic mass is 10.0. The Bertz CT molecular complexity index is 282. The molecule has 1 aromatic carbocycles. The third kappa shape index (κ3) is 5.29. The van der Waals surface area contributed by atoms with Crippen molar-refractivity contribution in [3.05, 3.63) is 35.9 Å². The van der Waals surface area contributed by atoms with E-state index in [9.17, 15) is 0 Å². The van der Waals surface area contributed by atoms with E-state index in [1.807, 2.05) is 6.07 Å². The molecule has 0 aromatic heterocycles. The quantitative estimate of drug-likeness (QED) is 0.798. The molecule has 0 amide bonds. The van der Waals surface area contributed by atoms with E-state index in [2.05, 4.69) is 50.1 Å². The summed E-state index contributed by atoms with van der Waals surface area (Å²) < 4.78 is 0. The van der Waals surface area contributed by atoms with Crippen LogP contribution in [0.5, 0.6) is 0 Å². The van der Waals surface area contributed by atoms with E-state index >= 15 is 0 Å². The molecule has 0 radical (unpaired) electrons. The first-order valence-corrected chi connectivity index (χ1v) is 6.06. The molecule has 0 unspecified atom stereocenters. The number of hydrogen-bond acceptors (Lipinski definition) is 2. The fourth-order valence-electron chi connectivity index (χ4n) is 2.04. The van der Waals surface area contributed by atoms with E-state index in [1.165, 1.54) is 5.56 Å². The maximum Gasteiger partial charge on any atom is 0.0231 e. The molecule has 0 heterocycles. The van der Waals surface area contributed by atoms with Gasteiger partial charge < -0.3 is 10.6 Å². The van der Waals surface area contributed by atoms with Crippen molar-refractivity contribution in [3.8, 4) is 0 Å². The minimum absolute atomic E-state index is 0.286. The number of benzene rings is 1. The van der Waals surface area contributed by atoms with E-state index in [4.69, 9.17) is 5.73 Å². The van der Waals surface area contributed by atoms with Crippen molar-refractivity contribution in [2.45, 2.75) is 32.9 Å². The highest BCUT2D eigenvalue weighted by molar-refractivity contribution is 5.14. The summed E-state index contributed by atoms with van der Waals surface area (Å²) in [6, 6.07) is 10.8. The number of nitrogens with two attached hydrogens (primary N) is 1. The second-order valence-corrected chi connectivity index (χ2v) is 5.07. The van der Waals surface area contributed by atoms with E-state index in [0.29, 0.717) is 5.92 Å². The highest BCUT2D eigenvalue weighted by atomic mass is 15.1. The number of nitrogens with zero attached hydrogens (tertiary/aromatic N) is 1. The average Bonchev–Trinajstić information content (AvgIpc) is 2.17. The fourth-order valence-corrected chi connectivity index (χ4v) is 2.04. The van der Waals surface area contributed by atoms with Gasteiger partial charge >= 0.3 is 0 Å². The molecule has 0 saturated carbocycles. The van der Waals surface area contributed by atoms with Gasteiger partial charge in [0.1, 0.15) is 0 Å². The smallest absolute Gasteiger partial charge is 0.0231 e. The maximum absolute atomic E-state index is 6.09. The topological polar surface area (TPSA) is 29.3 Å². The number of likely N-dealkylation sites (N-methyl/N-ethyl adjacent to an activating group) is 1. The van der Waals surface area contributed by atoms with Crippen LogP contribution >= 0.6 is 0 Å². The number of rotatable bonds is 6. The predicted molar refractivity (Wildman–Crippen MR) is 70.2 cm³/mol. The van der Waals surface area contributed by atoms with Gasteiger partial charge in [0, 0.05) is 19.1 Å². The molecule has 0 aliphatic carbocycles. The van der Waals surface area contributed by atoms with Crippen LogP contribution in [0.25, 0.3) is 0 Å². The Balaban J connectivity index is 2.33. The molecule has 0 aliphatic rings. The summed E-state index contributed by atoms with van der Waals surface area (Å²) in [4.78, 5) is 2.29. The van der Waals surface area contributed by atoms with Crippen molar-refractivity contribution in [1.29, 1.82) is 0 Å². The Labute approximate surface area is 99.5 Å². The van der Waals surface area contributed by atoms with Crippen LogP contribution in [0.15, 0.2) is 30.3 Å². The summed E-state index contributed by atoms with van der Waals surface area (Å²) in [5.74, 6) is 0.681. The average molecular weight is 220 g/mol. The number of hydrogen-bond donors (Lipinski definition) is 1. The summed E-state index contributed by atoms with van der Waals surface area (Å²) in [5.41, 5.74) is 7.44. The summed E-state index contributed by atoms with van der Waals surface area (Å²) >= 11 is 0. The Kier molecular flexibility index (Phi) is 5.50. The van der Waals surface area contributed by atoms with Gasteiger partial charge in [-0.05, 0) is 24.9 Å². The SMILES string of the molecule is CC(C)C[C@@H](N)CN(C)Cc1ccccc1. The Morgan fingerprint density at radius 3 is 2.38 bits per heavy atom. The lowest BCUT2D eigenvalue weighted by Crippen LogP contribution is -2.35. The van der Waals surface area contributed by atoms with E-state index in [0.717, 1.165) is 19.5 Å². The zero-order valence-electron chi connectivity index (χ0n) is 10.7. The van der Waals surface area contributed by atoms with Gasteiger partial charge in [0.25, 0.3) is 0 Å². The molecular weight excluding hydrogens is 196 g/mol. The third-order valence-corrected chi connectivity index (χ3v) is 2.62. The molecule has 1 aromatic rings. The summed E-state index contributed by atoms with van der Waals surface area (Å²) in [5, 5.41) is 0. The van der Waals surface area contributed by atoms with Crippen LogP contribution in [0.4, 0.5) is 0 Å². The standard InChI is InChI=1S/C14H24N2/c1-12(2)9-14(15)11-16(3)10-13-7-5-4-6-8-13/h4-8,12,14H,9-11,15H2,1-3H3/t14-/m1/s1. The van der Waals surface area contributed by atoms with Gasteiger partial charge in [0.2, 0.25) is 0 Å². The Hall–Kier alpha value is -0.860. The van der Waals surface area contributed by atoms with Gasteiger partial charge in [-0.1, -0.05) is 44.2 Å². The van der Waals surface area contributed by atoms with Crippen LogP contribution in [0.1, 0.15) is 25.8 Å². The highest BCUT2D eigenvalue weighted by Gasteiger charge is 2.08. The summed E-state index contributed by atoms with van der Waals surface area (Å²) in [7, 11) is 2.13. The summed E-state index contributed by atoms with van der Waals surface area (Å²) in [6.07, 6.45) is 1.10. The molecule has 0 saturated heterocycles. The van der Waals surface area contributed by atoms with E-state index in [-0.39, 0.29) is 6.04 Å². The lowest BCUT2D eigenvalue weighted by molar-refractivity contribution is 0.287. The molecule has 0 aliphatic heterocycles. The van der Waals surface area contributed by atoms with Gasteiger partial charge in [-0.3, -0.25) is 0 Å². The molecule has 2 heteroatoms. The van der Waals surface area contributed by atoms with Gasteiger partial charge in [-0.25, -0.2) is 0 Å². The van der Waals surface area contributed by atoms with Crippen molar-refractivity contribution in [1.82, 2.24) is 4.90 Å². The van der Waals surface area contributed by atoms with E-state index < -0.39 is 0 Å². The van der Waals surface area contributed by atoms with Gasteiger partial charge in [-0.2, -0.15) is 0 Å². The van der Waals surface area contributed by atoms with Crippen LogP contribution < -0.4 is 5.73 Å². The molecule has 0 bridgehead atoms. The zero-order chi connectivity index (χ0) is 12.0. The van der Waals surface area contributed by atoms with Crippen molar-refractivity contribution in [2.75, 3.05) is 13.6 Å². The summed E-state index contributed by atoms with van der Waals surface area (Å²) in [6.45, 7) is 6.38. The van der Waals surface area contributed by atoms with E-state index in [1.54, 1.807) is 0 Å². The Morgan fingerprint density at radius 2 is 1.81 bits per heavy atom. The van der Waals surface area contributed by atoms with Crippen LogP contribution in [0.2, 0.25) is 0 Å². The molecule has 0 spiro atoms. The minimum Gasteiger partial charge on any atom is -0.327 e. The lowest BCUT2D eigenvalue weighted by Gasteiger charge is -2.22. The highest BCUT2D eigenvalue weighted by Crippen LogP contribution is 2.06. The van der Waals surface area contributed by atoms with Crippen molar-refractivity contribution in [3.63, 3.8) is 0 Å². The zero-order valence-corrected chi connectivity index (χ0v) is 10.7. The molecule has 90 valence electrons. The van der Waals surface area contributed by atoms with Crippen LogP contribution in [0, 0.1) is 5.92 Å². The Morgan fingerprint density at radius 1 is 1.19 bits per heavy atom. The van der Waals surface area contributed by atoms with Gasteiger partial charge in [-0.15, -0.1) is 0 Å². The van der Waals surface area contributed by atoms with Crippen LogP contribution in [-0.4, -0.2) is 24.5 Å². The van der Waals surface area contributed by atoms with Crippen molar-refractivity contribution < 1.29 is 0 Å². The van der Waals surface area contributed by atoms with Crippen molar-refractivity contribution >= 4 is 0 Å². The monoisotopic (exact) mass is 220 g/mol. The predicted octanol–water partition coefficient (Wildman–Crippen LogP) is 2.49. The van der Waals surface area contributed by atoms with Crippen LogP contribution in [-0.2, 0) is 6.54 Å². The molecule has 1 atom stereocenters. The second-order valence-electron chi connectivity index (χ2n) is 5.07. The largest absolute Gasteiger partial charge is 0.327 e. The molecule has 0 fully saturated rings. The molecule has 2 nitrogen and oxygen atoms in total. The third-order valence-electron chi connectivity index (χ3n) is 2.62. The maximum atomic E-state index is 6.09. The molecular formula is C14H24N2.